The van der Waals surface area contributed by atoms with E-state index in [4.69, 9.17) is 10.5 Å². The second kappa shape index (κ2) is 7.70. The number of hydrogen-bond acceptors (Lipinski definition) is 6. The zero-order valence-electron chi connectivity index (χ0n) is 16.8. The van der Waals surface area contributed by atoms with Crippen molar-refractivity contribution in [2.75, 3.05) is 6.61 Å². The van der Waals surface area contributed by atoms with Crippen molar-refractivity contribution in [3.63, 3.8) is 0 Å². The highest BCUT2D eigenvalue weighted by Gasteiger charge is 2.23. The summed E-state index contributed by atoms with van der Waals surface area (Å²) in [4.78, 5) is 12.2. The van der Waals surface area contributed by atoms with E-state index in [1.165, 1.54) is 0 Å². The Morgan fingerprint density at radius 3 is 2.97 bits per heavy atom. The fourth-order valence-electron chi connectivity index (χ4n) is 4.11. The smallest absolute Gasteiger partial charge is 0.272 e. The molecule has 8 nitrogen and oxygen atoms in total. The van der Waals surface area contributed by atoms with Gasteiger partial charge >= 0.3 is 0 Å². The zero-order valence-corrected chi connectivity index (χ0v) is 16.8. The number of aromatic amines is 1. The molecule has 1 aliphatic rings. The van der Waals surface area contributed by atoms with Gasteiger partial charge in [0.25, 0.3) is 5.56 Å². The molecule has 3 N–H and O–H groups in total. The Morgan fingerprint density at radius 1 is 1.23 bits per heavy atom. The van der Waals surface area contributed by atoms with Gasteiger partial charge in [-0.05, 0) is 42.7 Å². The van der Waals surface area contributed by atoms with E-state index in [-0.39, 0.29) is 12.1 Å². The van der Waals surface area contributed by atoms with Crippen LogP contribution in [0.3, 0.4) is 0 Å². The largest absolute Gasteiger partial charge is 0.493 e. The molecule has 31 heavy (non-hydrogen) atoms. The summed E-state index contributed by atoms with van der Waals surface area (Å²) in [5.41, 5.74) is 10.0. The first-order chi connectivity index (χ1) is 15.2. The first kappa shape index (κ1) is 19.0. The molecule has 2 aromatic carbocycles. The van der Waals surface area contributed by atoms with Gasteiger partial charge in [0, 0.05) is 24.0 Å². The van der Waals surface area contributed by atoms with Gasteiger partial charge in [0.05, 0.1) is 46.8 Å². The van der Waals surface area contributed by atoms with Gasteiger partial charge in [-0.15, -0.1) is 0 Å². The lowest BCUT2D eigenvalue weighted by molar-refractivity contribution is 0.306. The van der Waals surface area contributed by atoms with Gasteiger partial charge in [-0.2, -0.15) is 15.5 Å². The number of H-pyrrole nitrogens is 1. The summed E-state index contributed by atoms with van der Waals surface area (Å²) in [7, 11) is 0. The van der Waals surface area contributed by atoms with Crippen LogP contribution in [0, 0.1) is 11.3 Å². The van der Waals surface area contributed by atoms with Crippen molar-refractivity contribution >= 4 is 10.8 Å². The molecule has 1 aliphatic heterocycles. The topological polar surface area (TPSA) is 123 Å². The Balaban J connectivity index is 1.80. The average Bonchev–Trinajstić information content (AvgIpc) is 3.24. The summed E-state index contributed by atoms with van der Waals surface area (Å²) < 4.78 is 7.96. The summed E-state index contributed by atoms with van der Waals surface area (Å²) in [6.45, 7) is 1.52. The Labute approximate surface area is 177 Å². The summed E-state index contributed by atoms with van der Waals surface area (Å²) in [6, 6.07) is 13.4. The number of ether oxygens (including phenoxy) is 1. The van der Waals surface area contributed by atoms with Gasteiger partial charge in [-0.25, -0.2) is 5.10 Å². The van der Waals surface area contributed by atoms with Crippen LogP contribution >= 0.6 is 0 Å². The number of aryl methyl sites for hydroxylation is 1. The van der Waals surface area contributed by atoms with Crippen LogP contribution in [-0.4, -0.2) is 26.6 Å². The predicted molar refractivity (Wildman–Crippen MR) is 116 cm³/mol. The van der Waals surface area contributed by atoms with Crippen molar-refractivity contribution in [1.29, 1.82) is 5.26 Å². The quantitative estimate of drug-likeness (QED) is 0.522. The molecule has 2 aromatic heterocycles. The number of aromatic nitrogens is 4. The molecule has 0 saturated heterocycles. The van der Waals surface area contributed by atoms with Crippen LogP contribution in [0.25, 0.3) is 33.2 Å². The van der Waals surface area contributed by atoms with Crippen molar-refractivity contribution in [2.24, 2.45) is 5.73 Å². The first-order valence-electron chi connectivity index (χ1n) is 10.1. The summed E-state index contributed by atoms with van der Waals surface area (Å²) >= 11 is 0. The maximum Gasteiger partial charge on any atom is 0.272 e. The van der Waals surface area contributed by atoms with Crippen LogP contribution in [-0.2, 0) is 13.1 Å². The first-order valence-corrected chi connectivity index (χ1v) is 10.1. The lowest BCUT2D eigenvalue weighted by Crippen LogP contribution is -2.13. The van der Waals surface area contributed by atoms with Crippen molar-refractivity contribution in [3.05, 3.63) is 64.2 Å². The van der Waals surface area contributed by atoms with Crippen LogP contribution in [0.4, 0.5) is 0 Å². The molecule has 4 aromatic rings. The highest BCUT2D eigenvalue weighted by atomic mass is 16.5. The Bertz CT molecular complexity index is 1400. The van der Waals surface area contributed by atoms with E-state index in [1.807, 2.05) is 28.9 Å². The van der Waals surface area contributed by atoms with Gasteiger partial charge in [0.2, 0.25) is 0 Å². The number of nitrogens with two attached hydrogens (primary N) is 1. The van der Waals surface area contributed by atoms with Crippen molar-refractivity contribution in [2.45, 2.75) is 25.9 Å². The Morgan fingerprint density at radius 2 is 2.13 bits per heavy atom. The number of benzene rings is 2. The number of fused-ring (bicyclic) bond motifs is 4. The van der Waals surface area contributed by atoms with Crippen LogP contribution in [0.1, 0.15) is 24.1 Å². The van der Waals surface area contributed by atoms with E-state index in [0.717, 1.165) is 41.8 Å². The summed E-state index contributed by atoms with van der Waals surface area (Å²) in [6.07, 6.45) is 3.62. The summed E-state index contributed by atoms with van der Waals surface area (Å²) in [5, 5.41) is 22.3. The average molecular weight is 412 g/mol. The Hall–Kier alpha value is -3.96. The third-order valence-electron chi connectivity index (χ3n) is 5.62. The van der Waals surface area contributed by atoms with Crippen LogP contribution in [0.2, 0.25) is 0 Å². The fraction of sp³-hybridized carbons (Fsp3) is 0.217. The SMILES string of the molecule is N#Cc1cccc2c1-c1c(-c3ccc4c(=O)[nH]nc(CN)c4c3)cnn1CCCCO2. The zero-order chi connectivity index (χ0) is 21.4. The molecule has 5 rings (SSSR count). The Kier molecular flexibility index (Phi) is 4.73. The molecule has 0 bridgehead atoms. The number of rotatable bonds is 2. The predicted octanol–water partition coefficient (Wildman–Crippen LogP) is 2.96. The van der Waals surface area contributed by atoms with E-state index in [1.54, 1.807) is 18.3 Å². The molecule has 0 aliphatic carbocycles. The minimum Gasteiger partial charge on any atom is -0.493 e. The van der Waals surface area contributed by atoms with E-state index < -0.39 is 0 Å². The monoisotopic (exact) mass is 412 g/mol. The van der Waals surface area contributed by atoms with E-state index in [2.05, 4.69) is 21.4 Å². The molecule has 0 spiro atoms. The normalized spacial score (nSPS) is 13.3. The standard InChI is InChI=1S/C23H20N6O2/c24-11-15-4-3-5-20-21(15)22-18(13-26-29(22)8-1-2-9-31-20)14-6-7-16-17(10-14)19(12-25)27-28-23(16)30/h3-7,10,13H,1-2,8-9,12,25H2,(H,28,30). The van der Waals surface area contributed by atoms with Crippen molar-refractivity contribution in [1.82, 2.24) is 20.0 Å². The van der Waals surface area contributed by atoms with Gasteiger partial charge in [-0.3, -0.25) is 9.48 Å². The minimum atomic E-state index is -0.258. The second-order valence-electron chi connectivity index (χ2n) is 7.44. The number of hydrogen-bond donors (Lipinski definition) is 2. The number of nitrogens with zero attached hydrogens (tertiary/aromatic N) is 4. The molecule has 0 saturated carbocycles. The lowest BCUT2D eigenvalue weighted by atomic mass is 9.95. The van der Waals surface area contributed by atoms with Gasteiger partial charge in [-0.1, -0.05) is 12.1 Å². The second-order valence-corrected chi connectivity index (χ2v) is 7.44. The minimum absolute atomic E-state index is 0.206. The molecule has 8 heteroatoms. The molecular formula is C23H20N6O2. The third-order valence-corrected chi connectivity index (χ3v) is 5.62. The fourth-order valence-corrected chi connectivity index (χ4v) is 4.11. The van der Waals surface area contributed by atoms with E-state index in [9.17, 15) is 10.1 Å². The van der Waals surface area contributed by atoms with Crippen LogP contribution in [0.15, 0.2) is 47.4 Å². The molecule has 0 amide bonds. The van der Waals surface area contributed by atoms with Crippen molar-refractivity contribution in [3.8, 4) is 34.2 Å². The summed E-state index contributed by atoms with van der Waals surface area (Å²) in [5.74, 6) is 0.672. The van der Waals surface area contributed by atoms with Crippen LogP contribution in [0.5, 0.6) is 5.75 Å². The maximum atomic E-state index is 12.2. The molecule has 0 atom stereocenters. The van der Waals surface area contributed by atoms with Gasteiger partial charge in [0.1, 0.15) is 5.75 Å². The molecular weight excluding hydrogens is 392 g/mol. The molecule has 0 unspecified atom stereocenters. The lowest BCUT2D eigenvalue weighted by Gasteiger charge is -2.14. The van der Waals surface area contributed by atoms with Gasteiger partial charge < -0.3 is 10.5 Å². The third kappa shape index (κ3) is 3.16. The van der Waals surface area contributed by atoms with E-state index in [0.29, 0.717) is 34.4 Å². The molecule has 3 heterocycles. The molecule has 0 fully saturated rings. The van der Waals surface area contributed by atoms with E-state index >= 15 is 0 Å². The highest BCUT2D eigenvalue weighted by Crippen LogP contribution is 2.41. The number of nitrogens with one attached hydrogen (secondary N) is 1. The maximum absolute atomic E-state index is 12.2. The number of nitriles is 1. The highest BCUT2D eigenvalue weighted by molar-refractivity contribution is 5.92. The van der Waals surface area contributed by atoms with Gasteiger partial charge in [0.15, 0.2) is 0 Å². The molecule has 154 valence electrons. The molecule has 0 radical (unpaired) electrons. The van der Waals surface area contributed by atoms with Crippen molar-refractivity contribution < 1.29 is 4.74 Å². The van der Waals surface area contributed by atoms with Crippen LogP contribution < -0.4 is 16.0 Å².